The minimum Gasteiger partial charge on any atom is -0.497 e. The topological polar surface area (TPSA) is 57.9 Å². The molecule has 5 heteroatoms. The maximum absolute atomic E-state index is 12.3. The SMILES string of the molecule is COc1ccc(COc2ccc3c(c2)oc(=O)c2cc(OC)ccc23)cc1. The number of hydrogen-bond acceptors (Lipinski definition) is 5. The highest BCUT2D eigenvalue weighted by Crippen LogP contribution is 2.28. The van der Waals surface area contributed by atoms with Crippen LogP contribution in [-0.2, 0) is 6.61 Å². The molecule has 0 fully saturated rings. The molecule has 4 aromatic rings. The number of ether oxygens (including phenoxy) is 3. The quantitative estimate of drug-likeness (QED) is 0.385. The zero-order valence-electron chi connectivity index (χ0n) is 15.0. The van der Waals surface area contributed by atoms with Gasteiger partial charge >= 0.3 is 5.63 Å². The summed E-state index contributed by atoms with van der Waals surface area (Å²) in [5.41, 5.74) is 1.11. The van der Waals surface area contributed by atoms with Crippen molar-refractivity contribution < 1.29 is 18.6 Å². The minimum atomic E-state index is -0.399. The molecule has 0 aliphatic heterocycles. The van der Waals surface area contributed by atoms with Gasteiger partial charge in [0.1, 0.15) is 29.4 Å². The summed E-state index contributed by atoms with van der Waals surface area (Å²) in [5, 5.41) is 2.17. The Morgan fingerprint density at radius 3 is 2.15 bits per heavy atom. The van der Waals surface area contributed by atoms with Crippen LogP contribution in [0.5, 0.6) is 17.2 Å². The fraction of sp³-hybridized carbons (Fsp3) is 0.136. The molecule has 0 atom stereocenters. The van der Waals surface area contributed by atoms with E-state index in [0.29, 0.717) is 29.1 Å². The standard InChI is InChI=1S/C22H18O5/c1-24-15-5-3-14(4-6-15)13-26-17-8-10-19-18-9-7-16(25-2)11-20(18)22(23)27-21(19)12-17/h3-12H,13H2,1-2H3. The molecule has 0 N–H and O–H groups in total. The molecule has 0 aliphatic carbocycles. The van der Waals surface area contributed by atoms with Crippen molar-refractivity contribution in [3.8, 4) is 17.2 Å². The van der Waals surface area contributed by atoms with Gasteiger partial charge in [-0.05, 0) is 48.0 Å². The molecule has 0 amide bonds. The van der Waals surface area contributed by atoms with Crippen LogP contribution >= 0.6 is 0 Å². The number of fused-ring (bicyclic) bond motifs is 3. The zero-order chi connectivity index (χ0) is 18.8. The predicted octanol–water partition coefficient (Wildman–Crippen LogP) is 4.54. The van der Waals surface area contributed by atoms with Gasteiger partial charge in [0, 0.05) is 16.8 Å². The van der Waals surface area contributed by atoms with E-state index in [9.17, 15) is 4.79 Å². The Morgan fingerprint density at radius 2 is 1.41 bits per heavy atom. The second-order valence-corrected chi connectivity index (χ2v) is 6.10. The molecule has 1 heterocycles. The van der Waals surface area contributed by atoms with Gasteiger partial charge in [0.2, 0.25) is 0 Å². The molecule has 0 saturated carbocycles. The molecule has 0 radical (unpaired) electrons. The smallest absolute Gasteiger partial charge is 0.344 e. The number of hydrogen-bond donors (Lipinski definition) is 0. The van der Waals surface area contributed by atoms with Gasteiger partial charge in [-0.15, -0.1) is 0 Å². The fourth-order valence-electron chi connectivity index (χ4n) is 3.00. The van der Waals surface area contributed by atoms with Crippen LogP contribution in [0.25, 0.3) is 21.7 Å². The third-order valence-corrected chi connectivity index (χ3v) is 4.46. The molecule has 27 heavy (non-hydrogen) atoms. The van der Waals surface area contributed by atoms with Gasteiger partial charge in [0.05, 0.1) is 19.6 Å². The van der Waals surface area contributed by atoms with Crippen molar-refractivity contribution in [1.82, 2.24) is 0 Å². The van der Waals surface area contributed by atoms with Crippen LogP contribution in [0, 0.1) is 0 Å². The molecule has 5 nitrogen and oxygen atoms in total. The lowest BCUT2D eigenvalue weighted by Crippen LogP contribution is -2.01. The molecular formula is C22H18O5. The first-order chi connectivity index (χ1) is 13.2. The Labute approximate surface area is 155 Å². The summed E-state index contributed by atoms with van der Waals surface area (Å²) in [6.45, 7) is 0.407. The summed E-state index contributed by atoms with van der Waals surface area (Å²) in [4.78, 5) is 12.3. The molecule has 0 aliphatic rings. The highest BCUT2D eigenvalue weighted by molar-refractivity contribution is 6.04. The van der Waals surface area contributed by atoms with E-state index in [1.165, 1.54) is 0 Å². The third kappa shape index (κ3) is 3.31. The van der Waals surface area contributed by atoms with Crippen LogP contribution in [-0.4, -0.2) is 14.2 Å². The molecule has 0 bridgehead atoms. The Morgan fingerprint density at radius 1 is 0.741 bits per heavy atom. The molecule has 0 spiro atoms. The van der Waals surface area contributed by atoms with E-state index in [1.54, 1.807) is 26.4 Å². The van der Waals surface area contributed by atoms with Crippen molar-refractivity contribution in [3.05, 3.63) is 76.6 Å². The lowest BCUT2D eigenvalue weighted by atomic mass is 10.1. The highest BCUT2D eigenvalue weighted by atomic mass is 16.5. The van der Waals surface area contributed by atoms with E-state index in [2.05, 4.69) is 0 Å². The monoisotopic (exact) mass is 362 g/mol. The van der Waals surface area contributed by atoms with Crippen molar-refractivity contribution in [3.63, 3.8) is 0 Å². The summed E-state index contributed by atoms with van der Waals surface area (Å²) in [6.07, 6.45) is 0. The van der Waals surface area contributed by atoms with E-state index in [0.717, 1.165) is 22.1 Å². The van der Waals surface area contributed by atoms with Crippen LogP contribution < -0.4 is 19.8 Å². The summed E-state index contributed by atoms with van der Waals surface area (Å²) in [5.74, 6) is 2.05. The van der Waals surface area contributed by atoms with Crippen LogP contribution in [0.15, 0.2) is 69.9 Å². The Hall–Kier alpha value is -3.47. The first-order valence-electron chi connectivity index (χ1n) is 8.48. The molecule has 3 aromatic carbocycles. The summed E-state index contributed by atoms with van der Waals surface area (Å²) < 4.78 is 21.7. The first-order valence-corrected chi connectivity index (χ1v) is 8.48. The second kappa shape index (κ2) is 7.03. The maximum Gasteiger partial charge on any atom is 0.344 e. The second-order valence-electron chi connectivity index (χ2n) is 6.10. The van der Waals surface area contributed by atoms with Crippen LogP contribution in [0.4, 0.5) is 0 Å². The van der Waals surface area contributed by atoms with Crippen LogP contribution in [0.2, 0.25) is 0 Å². The van der Waals surface area contributed by atoms with Crippen molar-refractivity contribution in [2.24, 2.45) is 0 Å². The number of benzene rings is 3. The van der Waals surface area contributed by atoms with Crippen molar-refractivity contribution in [2.75, 3.05) is 14.2 Å². The van der Waals surface area contributed by atoms with E-state index in [1.807, 2.05) is 48.5 Å². The lowest BCUT2D eigenvalue weighted by molar-refractivity contribution is 0.306. The first kappa shape index (κ1) is 17.0. The van der Waals surface area contributed by atoms with Gasteiger partial charge in [-0.3, -0.25) is 0 Å². The molecule has 1 aromatic heterocycles. The fourth-order valence-corrected chi connectivity index (χ4v) is 3.00. The van der Waals surface area contributed by atoms with Gasteiger partial charge in [-0.1, -0.05) is 12.1 Å². The molecule has 0 saturated heterocycles. The molecule has 0 unspecified atom stereocenters. The van der Waals surface area contributed by atoms with Gasteiger partial charge in [-0.2, -0.15) is 0 Å². The van der Waals surface area contributed by atoms with E-state index >= 15 is 0 Å². The molecule has 136 valence electrons. The lowest BCUT2D eigenvalue weighted by Gasteiger charge is -2.09. The van der Waals surface area contributed by atoms with Crippen LogP contribution in [0.3, 0.4) is 0 Å². The van der Waals surface area contributed by atoms with E-state index in [4.69, 9.17) is 18.6 Å². The summed E-state index contributed by atoms with van der Waals surface area (Å²) >= 11 is 0. The highest BCUT2D eigenvalue weighted by Gasteiger charge is 2.10. The normalized spacial score (nSPS) is 10.9. The van der Waals surface area contributed by atoms with Gasteiger partial charge < -0.3 is 18.6 Å². The Balaban J connectivity index is 1.65. The predicted molar refractivity (Wildman–Crippen MR) is 104 cm³/mol. The molecule has 4 rings (SSSR count). The van der Waals surface area contributed by atoms with Crippen molar-refractivity contribution >= 4 is 21.7 Å². The summed E-state index contributed by atoms with van der Waals surface area (Å²) in [6, 6.07) is 18.6. The van der Waals surface area contributed by atoms with Crippen molar-refractivity contribution in [1.29, 1.82) is 0 Å². The van der Waals surface area contributed by atoms with Gasteiger partial charge in [-0.25, -0.2) is 4.79 Å². The van der Waals surface area contributed by atoms with E-state index in [-0.39, 0.29) is 0 Å². The average Bonchev–Trinajstić information content (AvgIpc) is 2.72. The Bertz CT molecular complexity index is 1160. The maximum atomic E-state index is 12.3. The zero-order valence-corrected chi connectivity index (χ0v) is 15.0. The average molecular weight is 362 g/mol. The summed E-state index contributed by atoms with van der Waals surface area (Å²) in [7, 11) is 3.20. The number of rotatable bonds is 5. The number of methoxy groups -OCH3 is 2. The van der Waals surface area contributed by atoms with Crippen molar-refractivity contribution in [2.45, 2.75) is 6.61 Å². The third-order valence-electron chi connectivity index (χ3n) is 4.46. The van der Waals surface area contributed by atoms with E-state index < -0.39 is 5.63 Å². The Kier molecular flexibility index (Phi) is 4.42. The van der Waals surface area contributed by atoms with Crippen LogP contribution in [0.1, 0.15) is 5.56 Å². The molecular weight excluding hydrogens is 344 g/mol. The largest absolute Gasteiger partial charge is 0.497 e. The minimum absolute atomic E-state index is 0.399. The van der Waals surface area contributed by atoms with Gasteiger partial charge in [0.15, 0.2) is 0 Å². The van der Waals surface area contributed by atoms with Gasteiger partial charge in [0.25, 0.3) is 0 Å².